The predicted molar refractivity (Wildman–Crippen MR) is 111 cm³/mol. The lowest BCUT2D eigenvalue weighted by Crippen LogP contribution is -2.37. The van der Waals surface area contributed by atoms with Crippen molar-refractivity contribution >= 4 is 16.9 Å². The van der Waals surface area contributed by atoms with Gasteiger partial charge in [-0.25, -0.2) is 15.0 Å². The summed E-state index contributed by atoms with van der Waals surface area (Å²) in [4.78, 5) is 16.5. The maximum Gasteiger partial charge on any atom is 0.165 e. The van der Waals surface area contributed by atoms with Crippen molar-refractivity contribution in [3.63, 3.8) is 0 Å². The minimum Gasteiger partial charge on any atom is -0.496 e. The van der Waals surface area contributed by atoms with E-state index in [4.69, 9.17) is 19.4 Å². The van der Waals surface area contributed by atoms with Crippen LogP contribution in [0.4, 0.5) is 5.82 Å². The molecule has 1 saturated heterocycles. The monoisotopic (exact) mass is 395 g/mol. The number of aliphatic hydroxyl groups is 1. The van der Waals surface area contributed by atoms with Gasteiger partial charge in [0.25, 0.3) is 0 Å². The Balaban J connectivity index is 1.80. The number of nitrogens with one attached hydrogen (secondary N) is 1. The van der Waals surface area contributed by atoms with Crippen LogP contribution in [0.15, 0.2) is 30.3 Å². The van der Waals surface area contributed by atoms with Crippen LogP contribution in [0.2, 0.25) is 0 Å². The van der Waals surface area contributed by atoms with Gasteiger partial charge in [-0.05, 0) is 37.4 Å². The molecule has 8 nitrogen and oxygen atoms in total. The Morgan fingerprint density at radius 2 is 1.97 bits per heavy atom. The molecule has 0 spiro atoms. The summed E-state index contributed by atoms with van der Waals surface area (Å²) in [5.74, 6) is 2.26. The SMILES string of the molecule is CNCc1nc(N2CCOCC2)c2ccc(-c3ccc(OC)c(CO)c3)nc2n1. The largest absolute Gasteiger partial charge is 0.496 e. The number of anilines is 1. The molecule has 8 heteroatoms. The number of nitrogens with zero attached hydrogens (tertiary/aromatic N) is 4. The van der Waals surface area contributed by atoms with Gasteiger partial charge in [0.15, 0.2) is 5.65 Å². The van der Waals surface area contributed by atoms with E-state index >= 15 is 0 Å². The Kier molecular flexibility index (Phi) is 5.84. The third-order valence-corrected chi connectivity index (χ3v) is 4.98. The lowest BCUT2D eigenvalue weighted by molar-refractivity contribution is 0.122. The van der Waals surface area contributed by atoms with Gasteiger partial charge in [0.2, 0.25) is 0 Å². The van der Waals surface area contributed by atoms with Gasteiger partial charge in [0.1, 0.15) is 17.4 Å². The van der Waals surface area contributed by atoms with Gasteiger partial charge in [-0.1, -0.05) is 0 Å². The molecule has 0 amide bonds. The van der Waals surface area contributed by atoms with Gasteiger partial charge < -0.3 is 24.8 Å². The Morgan fingerprint density at radius 3 is 2.69 bits per heavy atom. The van der Waals surface area contributed by atoms with E-state index in [0.717, 1.165) is 41.1 Å². The first-order chi connectivity index (χ1) is 14.2. The molecule has 3 heterocycles. The fourth-order valence-electron chi connectivity index (χ4n) is 3.51. The number of ether oxygens (including phenoxy) is 2. The number of hydrogen-bond donors (Lipinski definition) is 2. The Bertz CT molecular complexity index is 1010. The quantitative estimate of drug-likeness (QED) is 0.652. The average molecular weight is 395 g/mol. The first-order valence-electron chi connectivity index (χ1n) is 9.66. The van der Waals surface area contributed by atoms with E-state index in [0.29, 0.717) is 37.0 Å². The molecule has 0 aliphatic carbocycles. The van der Waals surface area contributed by atoms with Crippen molar-refractivity contribution in [3.8, 4) is 17.0 Å². The molecule has 0 radical (unpaired) electrons. The summed E-state index contributed by atoms with van der Waals surface area (Å²) in [5, 5.41) is 13.7. The number of benzene rings is 1. The summed E-state index contributed by atoms with van der Waals surface area (Å²) in [6.07, 6.45) is 0. The van der Waals surface area contributed by atoms with Crippen molar-refractivity contribution in [2.75, 3.05) is 45.4 Å². The van der Waals surface area contributed by atoms with Crippen LogP contribution in [0.3, 0.4) is 0 Å². The molecule has 152 valence electrons. The van der Waals surface area contributed by atoms with Gasteiger partial charge in [-0.15, -0.1) is 0 Å². The maximum absolute atomic E-state index is 9.63. The van der Waals surface area contributed by atoms with Crippen molar-refractivity contribution in [3.05, 3.63) is 41.7 Å². The number of morpholine rings is 1. The third-order valence-electron chi connectivity index (χ3n) is 4.98. The lowest BCUT2D eigenvalue weighted by Gasteiger charge is -2.28. The first-order valence-corrected chi connectivity index (χ1v) is 9.66. The van der Waals surface area contributed by atoms with Crippen molar-refractivity contribution in [1.82, 2.24) is 20.3 Å². The lowest BCUT2D eigenvalue weighted by atomic mass is 10.1. The third kappa shape index (κ3) is 4.00. The number of rotatable bonds is 6. The number of methoxy groups -OCH3 is 1. The highest BCUT2D eigenvalue weighted by Crippen LogP contribution is 2.29. The van der Waals surface area contributed by atoms with Gasteiger partial charge in [0, 0.05) is 24.2 Å². The molecular weight excluding hydrogens is 370 g/mol. The number of pyridine rings is 1. The highest BCUT2D eigenvalue weighted by atomic mass is 16.5. The molecule has 0 bridgehead atoms. The van der Waals surface area contributed by atoms with Crippen LogP contribution >= 0.6 is 0 Å². The Labute approximate surface area is 169 Å². The average Bonchev–Trinajstić information content (AvgIpc) is 2.78. The van der Waals surface area contributed by atoms with E-state index in [-0.39, 0.29) is 6.61 Å². The van der Waals surface area contributed by atoms with Crippen LogP contribution in [-0.2, 0) is 17.9 Å². The van der Waals surface area contributed by atoms with Crippen LogP contribution in [0, 0.1) is 0 Å². The zero-order chi connectivity index (χ0) is 20.2. The minimum atomic E-state index is -0.0970. The van der Waals surface area contributed by atoms with Crippen LogP contribution < -0.4 is 15.0 Å². The molecule has 0 atom stereocenters. The molecule has 1 fully saturated rings. The summed E-state index contributed by atoms with van der Waals surface area (Å²) in [5.41, 5.74) is 3.07. The van der Waals surface area contributed by atoms with Gasteiger partial charge >= 0.3 is 0 Å². The van der Waals surface area contributed by atoms with Crippen LogP contribution in [0.1, 0.15) is 11.4 Å². The van der Waals surface area contributed by atoms with Gasteiger partial charge in [0.05, 0.1) is 44.6 Å². The topological polar surface area (TPSA) is 92.6 Å². The Hall–Kier alpha value is -2.81. The molecule has 3 aromatic rings. The van der Waals surface area contributed by atoms with Crippen molar-refractivity contribution in [2.45, 2.75) is 13.2 Å². The van der Waals surface area contributed by atoms with Crippen molar-refractivity contribution < 1.29 is 14.6 Å². The molecule has 2 aromatic heterocycles. The van der Waals surface area contributed by atoms with Crippen molar-refractivity contribution in [1.29, 1.82) is 0 Å². The molecule has 1 aliphatic rings. The van der Waals surface area contributed by atoms with E-state index in [1.807, 2.05) is 37.4 Å². The fraction of sp³-hybridized carbons (Fsp3) is 0.381. The predicted octanol–water partition coefficient (Wildman–Crippen LogP) is 1.75. The normalized spacial score (nSPS) is 14.4. The molecule has 0 saturated carbocycles. The van der Waals surface area contributed by atoms with E-state index < -0.39 is 0 Å². The van der Waals surface area contributed by atoms with E-state index in [1.165, 1.54) is 0 Å². The first kappa shape index (κ1) is 19.5. The van der Waals surface area contributed by atoms with Crippen LogP contribution in [0.25, 0.3) is 22.3 Å². The summed E-state index contributed by atoms with van der Waals surface area (Å²) in [7, 11) is 3.47. The number of aliphatic hydroxyl groups excluding tert-OH is 1. The molecule has 1 aromatic carbocycles. The van der Waals surface area contributed by atoms with Gasteiger partial charge in [-0.2, -0.15) is 0 Å². The summed E-state index contributed by atoms with van der Waals surface area (Å²) in [6.45, 7) is 3.44. The second-order valence-electron chi connectivity index (χ2n) is 6.85. The van der Waals surface area contributed by atoms with Crippen LogP contribution in [-0.4, -0.2) is 60.5 Å². The fourth-order valence-corrected chi connectivity index (χ4v) is 3.51. The highest BCUT2D eigenvalue weighted by molar-refractivity contribution is 5.88. The van der Waals surface area contributed by atoms with Crippen LogP contribution in [0.5, 0.6) is 5.75 Å². The van der Waals surface area contributed by atoms with E-state index in [1.54, 1.807) is 7.11 Å². The number of fused-ring (bicyclic) bond motifs is 1. The molecular formula is C21H25N5O3. The highest BCUT2D eigenvalue weighted by Gasteiger charge is 2.18. The molecule has 4 rings (SSSR count). The zero-order valence-electron chi connectivity index (χ0n) is 16.7. The van der Waals surface area contributed by atoms with E-state index in [9.17, 15) is 5.11 Å². The summed E-state index contributed by atoms with van der Waals surface area (Å²) < 4.78 is 10.8. The molecule has 29 heavy (non-hydrogen) atoms. The number of aromatic nitrogens is 3. The molecule has 2 N–H and O–H groups in total. The number of hydrogen-bond acceptors (Lipinski definition) is 8. The smallest absolute Gasteiger partial charge is 0.165 e. The maximum atomic E-state index is 9.63. The molecule has 1 aliphatic heterocycles. The summed E-state index contributed by atoms with van der Waals surface area (Å²) >= 11 is 0. The second kappa shape index (κ2) is 8.69. The zero-order valence-corrected chi connectivity index (χ0v) is 16.7. The molecule has 0 unspecified atom stereocenters. The minimum absolute atomic E-state index is 0.0970. The van der Waals surface area contributed by atoms with Gasteiger partial charge in [-0.3, -0.25) is 0 Å². The second-order valence-corrected chi connectivity index (χ2v) is 6.85. The summed E-state index contributed by atoms with van der Waals surface area (Å²) in [6, 6.07) is 9.67. The van der Waals surface area contributed by atoms with E-state index in [2.05, 4.69) is 15.2 Å². The standard InChI is InChI=1S/C21H25N5O3/c1-22-12-19-24-20-16(21(25-19)26-7-9-29-10-8-26)4-5-17(23-20)14-3-6-18(28-2)15(11-14)13-27/h3-6,11,22,27H,7-10,12-13H2,1-2H3. The Morgan fingerprint density at radius 1 is 1.14 bits per heavy atom. The van der Waals surface area contributed by atoms with Crippen molar-refractivity contribution in [2.24, 2.45) is 0 Å².